The van der Waals surface area contributed by atoms with Gasteiger partial charge in [-0.1, -0.05) is 13.8 Å². The summed E-state index contributed by atoms with van der Waals surface area (Å²) in [4.78, 5) is 20.3. The maximum atomic E-state index is 12.4. The van der Waals surface area contributed by atoms with Gasteiger partial charge in [-0.25, -0.2) is 4.99 Å². The first kappa shape index (κ1) is 16.1. The third-order valence-electron chi connectivity index (χ3n) is 5.36. The maximum absolute atomic E-state index is 12.4. The number of ketones is 1. The molecule has 22 heavy (non-hydrogen) atoms. The topological polar surface area (TPSA) is 47.5 Å². The Morgan fingerprint density at radius 1 is 1.18 bits per heavy atom. The SMILES string of the molecule is CC1(C)CC(=O)C2C[NH+](CCC[NH+]3CCOCC3)CN=C2C1. The van der Waals surface area contributed by atoms with Gasteiger partial charge in [0.1, 0.15) is 24.8 Å². The van der Waals surface area contributed by atoms with Gasteiger partial charge in [0.15, 0.2) is 6.67 Å². The van der Waals surface area contributed by atoms with Crippen molar-refractivity contribution in [2.75, 3.05) is 52.6 Å². The number of rotatable bonds is 4. The summed E-state index contributed by atoms with van der Waals surface area (Å²) >= 11 is 0. The molecule has 3 rings (SSSR count). The molecule has 1 aliphatic carbocycles. The van der Waals surface area contributed by atoms with Crippen LogP contribution >= 0.6 is 0 Å². The Bertz CT molecular complexity index is 441. The van der Waals surface area contributed by atoms with E-state index in [2.05, 4.69) is 13.8 Å². The van der Waals surface area contributed by atoms with Crippen molar-refractivity contribution in [3.63, 3.8) is 0 Å². The van der Waals surface area contributed by atoms with Crippen molar-refractivity contribution >= 4 is 11.5 Å². The average Bonchev–Trinajstić information content (AvgIpc) is 2.48. The largest absolute Gasteiger partial charge is 0.370 e. The number of nitrogens with zero attached hydrogens (tertiary/aromatic N) is 1. The number of hydrogen-bond acceptors (Lipinski definition) is 3. The molecule has 2 N–H and O–H groups in total. The molecular weight excluding hydrogens is 278 g/mol. The zero-order valence-electron chi connectivity index (χ0n) is 14.1. The number of carbonyl (C=O) groups is 1. The Morgan fingerprint density at radius 3 is 2.68 bits per heavy atom. The minimum atomic E-state index is 0.115. The van der Waals surface area contributed by atoms with E-state index < -0.39 is 0 Å². The molecule has 0 amide bonds. The fourth-order valence-electron chi connectivity index (χ4n) is 4.10. The summed E-state index contributed by atoms with van der Waals surface area (Å²) in [5, 5.41) is 0. The van der Waals surface area contributed by atoms with Crippen molar-refractivity contribution in [3.8, 4) is 0 Å². The lowest BCUT2D eigenvalue weighted by Crippen LogP contribution is -3.16. The van der Waals surface area contributed by atoms with Crippen LogP contribution in [-0.4, -0.2) is 64.1 Å². The van der Waals surface area contributed by atoms with Gasteiger partial charge in [0, 0.05) is 18.6 Å². The number of morpholine rings is 1. The third-order valence-corrected chi connectivity index (χ3v) is 5.36. The molecule has 1 saturated carbocycles. The number of carbonyl (C=O) groups excluding carboxylic acids is 1. The van der Waals surface area contributed by atoms with Crippen molar-refractivity contribution < 1.29 is 19.3 Å². The highest BCUT2D eigenvalue weighted by Crippen LogP contribution is 2.34. The zero-order valence-corrected chi connectivity index (χ0v) is 14.1. The van der Waals surface area contributed by atoms with Crippen LogP contribution in [0.1, 0.15) is 33.1 Å². The molecular formula is C17H31N3O2+2. The van der Waals surface area contributed by atoms with Gasteiger partial charge in [-0.05, 0) is 11.8 Å². The molecule has 0 bridgehead atoms. The van der Waals surface area contributed by atoms with Crippen LogP contribution in [0.5, 0.6) is 0 Å². The Morgan fingerprint density at radius 2 is 1.91 bits per heavy atom. The van der Waals surface area contributed by atoms with Gasteiger partial charge in [0.2, 0.25) is 0 Å². The lowest BCUT2D eigenvalue weighted by molar-refractivity contribution is -0.924. The number of Topliss-reactive ketones (excluding diaryl/α,β-unsaturated/α-hetero) is 1. The highest BCUT2D eigenvalue weighted by molar-refractivity contribution is 6.08. The van der Waals surface area contributed by atoms with Crippen LogP contribution in [0.2, 0.25) is 0 Å². The summed E-state index contributed by atoms with van der Waals surface area (Å²) < 4.78 is 5.40. The van der Waals surface area contributed by atoms with E-state index in [0.29, 0.717) is 5.78 Å². The van der Waals surface area contributed by atoms with Gasteiger partial charge in [-0.2, -0.15) is 0 Å². The second-order valence-electron chi connectivity index (χ2n) is 8.01. The second-order valence-corrected chi connectivity index (χ2v) is 8.01. The number of nitrogens with one attached hydrogen (secondary N) is 2. The molecule has 2 fully saturated rings. The van der Waals surface area contributed by atoms with Crippen LogP contribution in [0.4, 0.5) is 0 Å². The highest BCUT2D eigenvalue weighted by Gasteiger charge is 2.41. The predicted molar refractivity (Wildman–Crippen MR) is 85.5 cm³/mol. The van der Waals surface area contributed by atoms with Gasteiger partial charge in [0.05, 0.1) is 32.8 Å². The summed E-state index contributed by atoms with van der Waals surface area (Å²) in [6.07, 6.45) is 2.96. The number of fused-ring (bicyclic) bond motifs is 1. The fourth-order valence-corrected chi connectivity index (χ4v) is 4.10. The lowest BCUT2D eigenvalue weighted by atomic mass is 9.70. The zero-order chi connectivity index (χ0) is 15.6. The molecule has 1 saturated heterocycles. The van der Waals surface area contributed by atoms with Crippen LogP contribution in [0, 0.1) is 11.3 Å². The monoisotopic (exact) mass is 309 g/mol. The van der Waals surface area contributed by atoms with E-state index in [4.69, 9.17) is 9.73 Å². The van der Waals surface area contributed by atoms with E-state index in [1.807, 2.05) is 0 Å². The molecule has 2 atom stereocenters. The summed E-state index contributed by atoms with van der Waals surface area (Å²) in [7, 11) is 0. The number of aliphatic imine (C=N–C) groups is 1. The maximum Gasteiger partial charge on any atom is 0.171 e. The molecule has 2 unspecified atom stereocenters. The molecule has 3 aliphatic rings. The standard InChI is InChI=1S/C17H29N3O2/c1-17(2)10-15-14(16(21)11-17)12-20(13-18-15)5-3-4-19-6-8-22-9-7-19/h14H,3-13H2,1-2H3/p+2. The van der Waals surface area contributed by atoms with E-state index in [1.165, 1.54) is 23.6 Å². The van der Waals surface area contributed by atoms with Crippen molar-refractivity contribution in [2.24, 2.45) is 16.3 Å². The molecule has 2 heterocycles. The average molecular weight is 309 g/mol. The van der Waals surface area contributed by atoms with Gasteiger partial charge >= 0.3 is 0 Å². The highest BCUT2D eigenvalue weighted by atomic mass is 16.5. The van der Waals surface area contributed by atoms with E-state index in [1.54, 1.807) is 4.90 Å². The van der Waals surface area contributed by atoms with Crippen LogP contribution in [-0.2, 0) is 9.53 Å². The van der Waals surface area contributed by atoms with E-state index in [0.717, 1.165) is 58.9 Å². The number of quaternary nitrogens is 2. The molecule has 5 nitrogen and oxygen atoms in total. The molecule has 2 aliphatic heterocycles. The predicted octanol–water partition coefficient (Wildman–Crippen LogP) is -1.41. The minimum absolute atomic E-state index is 0.115. The molecule has 0 spiro atoms. The van der Waals surface area contributed by atoms with Crippen molar-refractivity contribution in [3.05, 3.63) is 0 Å². The van der Waals surface area contributed by atoms with Gasteiger partial charge in [-0.3, -0.25) is 4.79 Å². The van der Waals surface area contributed by atoms with Crippen LogP contribution in [0.15, 0.2) is 4.99 Å². The van der Waals surface area contributed by atoms with E-state index >= 15 is 0 Å². The van der Waals surface area contributed by atoms with Crippen molar-refractivity contribution in [2.45, 2.75) is 33.1 Å². The molecule has 0 aromatic rings. The minimum Gasteiger partial charge on any atom is -0.370 e. The molecule has 0 aromatic heterocycles. The van der Waals surface area contributed by atoms with E-state index in [-0.39, 0.29) is 11.3 Å². The first-order valence-electron chi connectivity index (χ1n) is 8.84. The van der Waals surface area contributed by atoms with Crippen LogP contribution in [0.25, 0.3) is 0 Å². The molecule has 5 heteroatoms. The summed E-state index contributed by atoms with van der Waals surface area (Å²) in [6.45, 7) is 12.7. The van der Waals surface area contributed by atoms with Gasteiger partial charge in [0.25, 0.3) is 0 Å². The Balaban J connectivity index is 1.47. The van der Waals surface area contributed by atoms with Crippen molar-refractivity contribution in [1.82, 2.24) is 0 Å². The second kappa shape index (κ2) is 6.77. The Hall–Kier alpha value is -0.780. The van der Waals surface area contributed by atoms with Crippen molar-refractivity contribution in [1.29, 1.82) is 0 Å². The Kier molecular flexibility index (Phi) is 4.95. The fraction of sp³-hybridized carbons (Fsp3) is 0.882. The van der Waals surface area contributed by atoms with Crippen LogP contribution in [0.3, 0.4) is 0 Å². The van der Waals surface area contributed by atoms with Gasteiger partial charge in [-0.15, -0.1) is 0 Å². The molecule has 124 valence electrons. The first-order chi connectivity index (χ1) is 10.5. The summed E-state index contributed by atoms with van der Waals surface area (Å²) in [5.41, 5.74) is 1.30. The first-order valence-corrected chi connectivity index (χ1v) is 8.84. The lowest BCUT2D eigenvalue weighted by Gasteiger charge is -2.38. The van der Waals surface area contributed by atoms with Gasteiger partial charge < -0.3 is 14.5 Å². The third kappa shape index (κ3) is 3.94. The normalized spacial score (nSPS) is 32.5. The van der Waals surface area contributed by atoms with Crippen LogP contribution < -0.4 is 9.80 Å². The molecule has 0 aromatic carbocycles. The smallest absolute Gasteiger partial charge is 0.171 e. The number of ether oxygens (including phenoxy) is 1. The molecule has 0 radical (unpaired) electrons. The summed E-state index contributed by atoms with van der Waals surface area (Å²) in [6, 6.07) is 0. The Labute approximate surface area is 133 Å². The van der Waals surface area contributed by atoms with E-state index in [9.17, 15) is 4.79 Å². The quantitative estimate of drug-likeness (QED) is 0.671. The summed E-state index contributed by atoms with van der Waals surface area (Å²) in [5.74, 6) is 0.540. The number of hydrogen-bond donors (Lipinski definition) is 2.